The molecule has 168 valence electrons. The molecule has 1 N–H and O–H groups in total. The third-order valence-electron chi connectivity index (χ3n) is 4.51. The fourth-order valence-corrected chi connectivity index (χ4v) is 4.84. The summed E-state index contributed by atoms with van der Waals surface area (Å²) in [4.78, 5) is 16.7. The highest BCUT2D eigenvalue weighted by molar-refractivity contribution is 8.01. The first-order valence-corrected chi connectivity index (χ1v) is 12.3. The van der Waals surface area contributed by atoms with E-state index < -0.39 is 0 Å². The number of benzene rings is 3. The van der Waals surface area contributed by atoms with Crippen LogP contribution in [0.5, 0.6) is 11.5 Å². The third-order valence-corrected chi connectivity index (χ3v) is 6.69. The standard InChI is InChI=1S/C25H23N3O3S2/c1-2-30-22-14-19(12-13-21(22)31-16-18-8-4-3-5-9-18)15-26-28-24(29)17-32-25-27-20-10-6-7-11-23(20)33-25/h3-15H,2,16-17H2,1H3,(H,28,29)/b26-15-. The van der Waals surface area contributed by atoms with Crippen molar-refractivity contribution in [2.75, 3.05) is 12.4 Å². The van der Waals surface area contributed by atoms with Crippen LogP contribution in [-0.4, -0.2) is 29.5 Å². The predicted molar refractivity (Wildman–Crippen MR) is 134 cm³/mol. The zero-order valence-corrected chi connectivity index (χ0v) is 19.7. The molecule has 6 nitrogen and oxygen atoms in total. The number of nitrogens with zero attached hydrogens (tertiary/aromatic N) is 2. The van der Waals surface area contributed by atoms with Crippen LogP contribution in [0.3, 0.4) is 0 Å². The molecule has 8 heteroatoms. The van der Waals surface area contributed by atoms with Crippen LogP contribution in [0.15, 0.2) is 82.2 Å². The molecule has 0 radical (unpaired) electrons. The van der Waals surface area contributed by atoms with Crippen LogP contribution in [0.1, 0.15) is 18.1 Å². The molecule has 0 saturated heterocycles. The van der Waals surface area contributed by atoms with E-state index in [9.17, 15) is 4.79 Å². The second kappa shape index (κ2) is 11.5. The highest BCUT2D eigenvalue weighted by Crippen LogP contribution is 2.30. The average Bonchev–Trinajstić information content (AvgIpc) is 3.26. The minimum absolute atomic E-state index is 0.191. The number of carbonyl (C=O) groups is 1. The summed E-state index contributed by atoms with van der Waals surface area (Å²) < 4.78 is 13.6. The number of para-hydroxylation sites is 1. The van der Waals surface area contributed by atoms with Gasteiger partial charge in [0.2, 0.25) is 0 Å². The van der Waals surface area contributed by atoms with E-state index >= 15 is 0 Å². The van der Waals surface area contributed by atoms with Gasteiger partial charge in [-0.1, -0.05) is 54.2 Å². The van der Waals surface area contributed by atoms with Crippen molar-refractivity contribution < 1.29 is 14.3 Å². The summed E-state index contributed by atoms with van der Waals surface area (Å²) in [6.45, 7) is 2.89. The van der Waals surface area contributed by atoms with E-state index in [4.69, 9.17) is 9.47 Å². The van der Waals surface area contributed by atoms with Crippen molar-refractivity contribution in [3.8, 4) is 11.5 Å². The summed E-state index contributed by atoms with van der Waals surface area (Å²) in [6, 6.07) is 23.4. The highest BCUT2D eigenvalue weighted by atomic mass is 32.2. The Morgan fingerprint density at radius 3 is 2.70 bits per heavy atom. The maximum absolute atomic E-state index is 12.2. The molecule has 0 fully saturated rings. The number of hydrogen-bond donors (Lipinski definition) is 1. The van der Waals surface area contributed by atoms with Crippen LogP contribution < -0.4 is 14.9 Å². The molecule has 0 bridgehead atoms. The Morgan fingerprint density at radius 2 is 1.88 bits per heavy atom. The van der Waals surface area contributed by atoms with Gasteiger partial charge < -0.3 is 9.47 Å². The number of amides is 1. The molecular weight excluding hydrogens is 454 g/mol. The molecule has 4 rings (SSSR count). The number of thioether (sulfide) groups is 1. The summed E-state index contributed by atoms with van der Waals surface area (Å²) in [6.07, 6.45) is 1.59. The number of rotatable bonds is 10. The van der Waals surface area contributed by atoms with E-state index in [1.165, 1.54) is 11.8 Å². The lowest BCUT2D eigenvalue weighted by Crippen LogP contribution is -2.19. The summed E-state index contributed by atoms with van der Waals surface area (Å²) in [5, 5.41) is 4.07. The van der Waals surface area contributed by atoms with E-state index in [0.29, 0.717) is 24.7 Å². The third kappa shape index (κ3) is 6.57. The Balaban J connectivity index is 1.30. The zero-order chi connectivity index (χ0) is 22.9. The van der Waals surface area contributed by atoms with Crippen molar-refractivity contribution in [3.63, 3.8) is 0 Å². The number of fused-ring (bicyclic) bond motifs is 1. The van der Waals surface area contributed by atoms with Gasteiger partial charge in [0.05, 0.1) is 28.8 Å². The van der Waals surface area contributed by atoms with Crippen LogP contribution in [0.2, 0.25) is 0 Å². The Morgan fingerprint density at radius 1 is 1.06 bits per heavy atom. The van der Waals surface area contributed by atoms with Crippen molar-refractivity contribution in [2.24, 2.45) is 5.10 Å². The van der Waals surface area contributed by atoms with E-state index in [1.807, 2.05) is 79.7 Å². The quantitative estimate of drug-likeness (QED) is 0.185. The smallest absolute Gasteiger partial charge is 0.250 e. The molecule has 0 aliphatic rings. The van der Waals surface area contributed by atoms with E-state index in [0.717, 1.165) is 25.7 Å². The Kier molecular flexibility index (Phi) is 7.94. The Labute approximate surface area is 200 Å². The second-order valence-corrected chi connectivity index (χ2v) is 9.20. The topological polar surface area (TPSA) is 72.8 Å². The molecule has 0 spiro atoms. The van der Waals surface area contributed by atoms with Gasteiger partial charge >= 0.3 is 0 Å². The van der Waals surface area contributed by atoms with Gasteiger partial charge in [0.1, 0.15) is 6.61 Å². The SMILES string of the molecule is CCOc1cc(/C=N\NC(=O)CSc2nc3ccccc3s2)ccc1OCc1ccccc1. The summed E-state index contributed by atoms with van der Waals surface area (Å²) in [5.74, 6) is 1.35. The van der Waals surface area contributed by atoms with Crippen molar-refractivity contribution in [1.82, 2.24) is 10.4 Å². The lowest BCUT2D eigenvalue weighted by molar-refractivity contribution is -0.118. The summed E-state index contributed by atoms with van der Waals surface area (Å²) in [5.41, 5.74) is 5.39. The molecule has 33 heavy (non-hydrogen) atoms. The molecule has 1 amide bonds. The lowest BCUT2D eigenvalue weighted by atomic mass is 10.2. The van der Waals surface area contributed by atoms with Gasteiger partial charge in [0.15, 0.2) is 15.8 Å². The molecule has 0 saturated carbocycles. The van der Waals surface area contributed by atoms with Gasteiger partial charge in [-0.15, -0.1) is 11.3 Å². The number of hydrogen-bond acceptors (Lipinski definition) is 7. The number of nitrogens with one attached hydrogen (secondary N) is 1. The number of aromatic nitrogens is 1. The molecule has 0 atom stereocenters. The summed E-state index contributed by atoms with van der Waals surface area (Å²) in [7, 11) is 0. The first-order valence-electron chi connectivity index (χ1n) is 10.4. The van der Waals surface area contributed by atoms with E-state index in [1.54, 1.807) is 17.6 Å². The van der Waals surface area contributed by atoms with Crippen LogP contribution in [0.25, 0.3) is 10.2 Å². The van der Waals surface area contributed by atoms with E-state index in [2.05, 4.69) is 15.5 Å². The normalized spacial score (nSPS) is 11.1. The highest BCUT2D eigenvalue weighted by Gasteiger charge is 2.08. The fraction of sp³-hybridized carbons (Fsp3) is 0.160. The van der Waals surface area contributed by atoms with Gasteiger partial charge in [0, 0.05) is 0 Å². The Bertz CT molecular complexity index is 1210. The number of ether oxygens (including phenoxy) is 2. The molecule has 1 aromatic heterocycles. The number of hydrazone groups is 1. The largest absolute Gasteiger partial charge is 0.490 e. The maximum atomic E-state index is 12.2. The predicted octanol–water partition coefficient (Wildman–Crippen LogP) is 5.52. The molecule has 0 aliphatic carbocycles. The molecule has 0 aliphatic heterocycles. The molecular formula is C25H23N3O3S2. The zero-order valence-electron chi connectivity index (χ0n) is 18.1. The average molecular weight is 478 g/mol. The second-order valence-electron chi connectivity index (χ2n) is 6.94. The molecule has 4 aromatic rings. The molecule has 1 heterocycles. The van der Waals surface area contributed by atoms with Gasteiger partial charge in [-0.05, 0) is 48.4 Å². The van der Waals surface area contributed by atoms with Crippen molar-refractivity contribution in [1.29, 1.82) is 0 Å². The minimum atomic E-state index is -0.191. The van der Waals surface area contributed by atoms with Gasteiger partial charge in [-0.25, -0.2) is 10.4 Å². The van der Waals surface area contributed by atoms with Crippen LogP contribution in [0.4, 0.5) is 0 Å². The van der Waals surface area contributed by atoms with Crippen molar-refractivity contribution >= 4 is 45.4 Å². The van der Waals surface area contributed by atoms with Crippen LogP contribution in [-0.2, 0) is 11.4 Å². The monoisotopic (exact) mass is 477 g/mol. The first kappa shape index (κ1) is 22.8. The number of thiazole rings is 1. The van der Waals surface area contributed by atoms with Gasteiger partial charge in [0.25, 0.3) is 5.91 Å². The minimum Gasteiger partial charge on any atom is -0.490 e. The van der Waals surface area contributed by atoms with Gasteiger partial charge in [-0.3, -0.25) is 4.79 Å². The van der Waals surface area contributed by atoms with Gasteiger partial charge in [-0.2, -0.15) is 5.10 Å². The number of carbonyl (C=O) groups excluding carboxylic acids is 1. The fourth-order valence-electron chi connectivity index (χ4n) is 2.98. The molecule has 3 aromatic carbocycles. The Hall–Kier alpha value is -3.36. The van der Waals surface area contributed by atoms with Crippen LogP contribution >= 0.6 is 23.1 Å². The van der Waals surface area contributed by atoms with E-state index in [-0.39, 0.29) is 11.7 Å². The molecule has 0 unspecified atom stereocenters. The summed E-state index contributed by atoms with van der Waals surface area (Å²) >= 11 is 2.98. The lowest BCUT2D eigenvalue weighted by Gasteiger charge is -2.12. The first-order chi connectivity index (χ1) is 16.2. The van der Waals surface area contributed by atoms with Crippen molar-refractivity contribution in [3.05, 3.63) is 83.9 Å². The van der Waals surface area contributed by atoms with Crippen LogP contribution in [0, 0.1) is 0 Å². The van der Waals surface area contributed by atoms with Crippen molar-refractivity contribution in [2.45, 2.75) is 17.9 Å². The maximum Gasteiger partial charge on any atom is 0.250 e.